The molecule has 0 spiro atoms. The maximum atomic E-state index is 13.9. The molecule has 29 heavy (non-hydrogen) atoms. The lowest BCUT2D eigenvalue weighted by molar-refractivity contribution is -0.132. The molecule has 7 heteroatoms. The number of hydrogen-bond acceptors (Lipinski definition) is 4. The summed E-state index contributed by atoms with van der Waals surface area (Å²) < 4.78 is 15.1. The van der Waals surface area contributed by atoms with E-state index in [0.29, 0.717) is 49.4 Å². The summed E-state index contributed by atoms with van der Waals surface area (Å²) in [5.74, 6) is -0.203. The van der Waals surface area contributed by atoms with Crippen LogP contribution in [0.25, 0.3) is 10.8 Å². The molecule has 0 atom stereocenters. The Morgan fingerprint density at radius 1 is 1.00 bits per heavy atom. The van der Waals surface area contributed by atoms with Gasteiger partial charge >= 0.3 is 0 Å². The fourth-order valence-corrected chi connectivity index (χ4v) is 3.78. The molecule has 0 N–H and O–H groups in total. The molecule has 150 valence electrons. The van der Waals surface area contributed by atoms with Gasteiger partial charge in [0.1, 0.15) is 5.82 Å². The predicted octanol–water partition coefficient (Wildman–Crippen LogP) is 1.96. The third-order valence-corrected chi connectivity index (χ3v) is 5.43. The lowest BCUT2D eigenvalue weighted by Gasteiger charge is -2.34. The number of benzene rings is 2. The molecule has 0 saturated carbocycles. The van der Waals surface area contributed by atoms with Crippen LogP contribution in [0, 0.1) is 5.82 Å². The van der Waals surface area contributed by atoms with Gasteiger partial charge in [0, 0.05) is 50.7 Å². The van der Waals surface area contributed by atoms with Crippen LogP contribution < -0.4 is 5.56 Å². The molecule has 1 amide bonds. The van der Waals surface area contributed by atoms with Gasteiger partial charge in [0.2, 0.25) is 5.91 Å². The minimum absolute atomic E-state index is 0.00755. The smallest absolute Gasteiger partial charge is 0.274 e. The Labute approximate surface area is 168 Å². The van der Waals surface area contributed by atoms with Gasteiger partial charge in [0.25, 0.3) is 5.56 Å². The average molecular weight is 394 g/mol. The highest BCUT2D eigenvalue weighted by Gasteiger charge is 2.23. The van der Waals surface area contributed by atoms with Crippen molar-refractivity contribution in [1.82, 2.24) is 19.6 Å². The zero-order chi connectivity index (χ0) is 20.4. The van der Waals surface area contributed by atoms with Gasteiger partial charge in [-0.3, -0.25) is 14.5 Å². The van der Waals surface area contributed by atoms with E-state index >= 15 is 0 Å². The molecule has 6 nitrogen and oxygen atoms in total. The molecular weight excluding hydrogens is 371 g/mol. The van der Waals surface area contributed by atoms with E-state index in [9.17, 15) is 14.0 Å². The van der Waals surface area contributed by atoms with E-state index in [0.717, 1.165) is 5.39 Å². The molecule has 1 aliphatic rings. The van der Waals surface area contributed by atoms with Crippen molar-refractivity contribution >= 4 is 16.7 Å². The van der Waals surface area contributed by atoms with Crippen LogP contribution in [0.5, 0.6) is 0 Å². The predicted molar refractivity (Wildman–Crippen MR) is 109 cm³/mol. The van der Waals surface area contributed by atoms with Gasteiger partial charge in [-0.25, -0.2) is 9.07 Å². The Bertz CT molecular complexity index is 1100. The van der Waals surface area contributed by atoms with Crippen LogP contribution in [-0.2, 0) is 24.8 Å². The SMILES string of the molecule is Cn1nc(CC(=O)N2CCN(Cc3ccccc3F)CC2)c2ccccc2c1=O. The number of carbonyl (C=O) groups is 1. The molecule has 1 aromatic heterocycles. The van der Waals surface area contributed by atoms with Crippen LogP contribution in [0.15, 0.2) is 53.3 Å². The second-order valence-corrected chi connectivity index (χ2v) is 7.35. The highest BCUT2D eigenvalue weighted by atomic mass is 19.1. The second-order valence-electron chi connectivity index (χ2n) is 7.35. The number of nitrogens with zero attached hydrogens (tertiary/aromatic N) is 4. The summed E-state index contributed by atoms with van der Waals surface area (Å²) >= 11 is 0. The van der Waals surface area contributed by atoms with Gasteiger partial charge < -0.3 is 4.90 Å². The summed E-state index contributed by atoms with van der Waals surface area (Å²) in [6, 6.07) is 14.0. The van der Waals surface area contributed by atoms with E-state index < -0.39 is 0 Å². The molecule has 1 fully saturated rings. The normalized spacial score (nSPS) is 15.0. The van der Waals surface area contributed by atoms with Crippen molar-refractivity contribution in [2.24, 2.45) is 7.05 Å². The van der Waals surface area contributed by atoms with Gasteiger partial charge in [0.05, 0.1) is 17.5 Å². The van der Waals surface area contributed by atoms with E-state index in [1.807, 2.05) is 29.2 Å². The Morgan fingerprint density at radius 2 is 1.66 bits per heavy atom. The Hall–Kier alpha value is -3.06. The van der Waals surface area contributed by atoms with E-state index in [1.165, 1.54) is 10.7 Å². The minimum atomic E-state index is -0.196. The fourth-order valence-electron chi connectivity index (χ4n) is 3.78. The summed E-state index contributed by atoms with van der Waals surface area (Å²) in [5.41, 5.74) is 1.12. The number of halogens is 1. The van der Waals surface area contributed by atoms with E-state index in [2.05, 4.69) is 10.00 Å². The Balaban J connectivity index is 1.42. The molecule has 1 saturated heterocycles. The van der Waals surface area contributed by atoms with Crippen LogP contribution in [0.1, 0.15) is 11.3 Å². The Morgan fingerprint density at radius 3 is 2.38 bits per heavy atom. The van der Waals surface area contributed by atoms with E-state index in [4.69, 9.17) is 0 Å². The first-order valence-electron chi connectivity index (χ1n) is 9.71. The summed E-state index contributed by atoms with van der Waals surface area (Å²) in [4.78, 5) is 29.1. The first-order chi connectivity index (χ1) is 14.0. The fraction of sp³-hybridized carbons (Fsp3) is 0.318. The number of piperazine rings is 1. The zero-order valence-corrected chi connectivity index (χ0v) is 16.3. The summed E-state index contributed by atoms with van der Waals surface area (Å²) in [6.45, 7) is 3.12. The maximum Gasteiger partial charge on any atom is 0.274 e. The molecule has 1 aliphatic heterocycles. The van der Waals surface area contributed by atoms with Gasteiger partial charge in [0.15, 0.2) is 0 Å². The van der Waals surface area contributed by atoms with Crippen LogP contribution in [-0.4, -0.2) is 51.7 Å². The highest BCUT2D eigenvalue weighted by Crippen LogP contribution is 2.16. The maximum absolute atomic E-state index is 13.9. The quantitative estimate of drug-likeness (QED) is 0.679. The van der Waals surface area contributed by atoms with E-state index in [-0.39, 0.29) is 23.7 Å². The van der Waals surface area contributed by atoms with Crippen molar-refractivity contribution in [2.45, 2.75) is 13.0 Å². The summed E-state index contributed by atoms with van der Waals surface area (Å²) in [5, 5.41) is 5.62. The molecule has 3 aromatic rings. The third-order valence-electron chi connectivity index (χ3n) is 5.43. The molecule has 0 aliphatic carbocycles. The largest absolute Gasteiger partial charge is 0.340 e. The van der Waals surface area contributed by atoms with Gasteiger partial charge in [-0.2, -0.15) is 5.10 Å². The molecule has 0 unspecified atom stereocenters. The standard InChI is InChI=1S/C22H23FN4O2/c1-25-22(29)18-8-4-3-7-17(18)20(24-25)14-21(28)27-12-10-26(11-13-27)15-16-6-2-5-9-19(16)23/h2-9H,10-15H2,1H3. The van der Waals surface area contributed by atoms with Gasteiger partial charge in [-0.1, -0.05) is 36.4 Å². The molecule has 2 aromatic carbocycles. The molecular formula is C22H23FN4O2. The first kappa shape index (κ1) is 19.3. The van der Waals surface area contributed by atoms with Crippen molar-refractivity contribution in [1.29, 1.82) is 0 Å². The number of amides is 1. The van der Waals surface area contributed by atoms with Crippen LogP contribution in [0.4, 0.5) is 4.39 Å². The first-order valence-corrected chi connectivity index (χ1v) is 9.71. The zero-order valence-electron chi connectivity index (χ0n) is 16.3. The molecule has 0 radical (unpaired) electrons. The van der Waals surface area contributed by atoms with Gasteiger partial charge in [-0.05, 0) is 12.1 Å². The molecule has 0 bridgehead atoms. The number of aryl methyl sites for hydroxylation is 1. The van der Waals surface area contributed by atoms with Crippen LogP contribution >= 0.6 is 0 Å². The van der Waals surface area contributed by atoms with Crippen molar-refractivity contribution in [2.75, 3.05) is 26.2 Å². The topological polar surface area (TPSA) is 58.4 Å². The van der Waals surface area contributed by atoms with Crippen molar-refractivity contribution in [3.8, 4) is 0 Å². The third kappa shape index (κ3) is 4.05. The van der Waals surface area contributed by atoms with Crippen molar-refractivity contribution in [3.05, 3.63) is 76.0 Å². The lowest BCUT2D eigenvalue weighted by Crippen LogP contribution is -2.48. The average Bonchev–Trinajstić information content (AvgIpc) is 2.74. The second kappa shape index (κ2) is 8.13. The van der Waals surface area contributed by atoms with Crippen LogP contribution in [0.2, 0.25) is 0 Å². The lowest BCUT2D eigenvalue weighted by atomic mass is 10.1. The number of fused-ring (bicyclic) bond motifs is 1. The van der Waals surface area contributed by atoms with Crippen molar-refractivity contribution in [3.63, 3.8) is 0 Å². The van der Waals surface area contributed by atoms with Gasteiger partial charge in [-0.15, -0.1) is 0 Å². The number of rotatable bonds is 4. The summed E-state index contributed by atoms with van der Waals surface area (Å²) in [6.07, 6.45) is 0.155. The summed E-state index contributed by atoms with van der Waals surface area (Å²) in [7, 11) is 1.60. The number of carbonyl (C=O) groups excluding carboxylic acids is 1. The highest BCUT2D eigenvalue weighted by molar-refractivity contribution is 5.88. The number of aromatic nitrogens is 2. The molecule has 4 rings (SSSR count). The Kier molecular flexibility index (Phi) is 5.40. The van der Waals surface area contributed by atoms with Crippen molar-refractivity contribution < 1.29 is 9.18 Å². The minimum Gasteiger partial charge on any atom is -0.340 e. The van der Waals surface area contributed by atoms with Crippen LogP contribution in [0.3, 0.4) is 0 Å². The number of hydrogen-bond donors (Lipinski definition) is 0. The monoisotopic (exact) mass is 394 g/mol. The molecule has 2 heterocycles. The van der Waals surface area contributed by atoms with E-state index in [1.54, 1.807) is 25.2 Å².